The fraction of sp³-hybridized carbons (Fsp3) is 0.522. The van der Waals surface area contributed by atoms with Crippen molar-refractivity contribution in [1.82, 2.24) is 19.6 Å². The Hall–Kier alpha value is -2.83. The van der Waals surface area contributed by atoms with Crippen LogP contribution < -0.4 is 4.74 Å². The van der Waals surface area contributed by atoms with Crippen molar-refractivity contribution in [1.29, 1.82) is 0 Å². The molecule has 2 aliphatic rings. The second-order valence-corrected chi connectivity index (χ2v) is 8.36. The summed E-state index contributed by atoms with van der Waals surface area (Å²) in [6.07, 6.45) is 4.08. The number of hydrogen-bond acceptors (Lipinski definition) is 4. The number of piperidine rings is 1. The van der Waals surface area contributed by atoms with Crippen molar-refractivity contribution in [2.24, 2.45) is 13.0 Å². The molecule has 2 aliphatic heterocycles. The van der Waals surface area contributed by atoms with Gasteiger partial charge in [0.05, 0.1) is 12.2 Å². The number of aromatic nitrogens is 2. The van der Waals surface area contributed by atoms with Crippen molar-refractivity contribution in [2.75, 3.05) is 32.8 Å². The minimum Gasteiger partial charge on any atom is -0.492 e. The van der Waals surface area contributed by atoms with Gasteiger partial charge in [-0.05, 0) is 50.8 Å². The van der Waals surface area contributed by atoms with Gasteiger partial charge in [0, 0.05) is 44.8 Å². The highest BCUT2D eigenvalue weighted by Crippen LogP contribution is 2.25. The zero-order valence-corrected chi connectivity index (χ0v) is 17.8. The Labute approximate surface area is 177 Å². The molecule has 1 aromatic carbocycles. The first-order chi connectivity index (χ1) is 14.5. The quantitative estimate of drug-likeness (QED) is 0.760. The van der Waals surface area contributed by atoms with Crippen molar-refractivity contribution in [3.63, 3.8) is 0 Å². The van der Waals surface area contributed by atoms with Gasteiger partial charge < -0.3 is 14.5 Å². The fourth-order valence-corrected chi connectivity index (χ4v) is 4.28. The summed E-state index contributed by atoms with van der Waals surface area (Å²) in [6, 6.07) is 9.33. The third-order valence-electron chi connectivity index (χ3n) is 6.12. The van der Waals surface area contributed by atoms with Crippen LogP contribution in [0.5, 0.6) is 5.75 Å². The maximum Gasteiger partial charge on any atom is 0.274 e. The minimum atomic E-state index is -0.0204. The summed E-state index contributed by atoms with van der Waals surface area (Å²) in [5.41, 5.74) is 2.10. The first kappa shape index (κ1) is 20.4. The van der Waals surface area contributed by atoms with Crippen molar-refractivity contribution >= 4 is 11.8 Å². The van der Waals surface area contributed by atoms with Crippen LogP contribution in [0.15, 0.2) is 30.3 Å². The molecular weight excluding hydrogens is 380 g/mol. The highest BCUT2D eigenvalue weighted by Gasteiger charge is 2.27. The van der Waals surface area contributed by atoms with Gasteiger partial charge in [-0.1, -0.05) is 12.1 Å². The maximum atomic E-state index is 12.8. The summed E-state index contributed by atoms with van der Waals surface area (Å²) in [5, 5.41) is 4.32. The zero-order chi connectivity index (χ0) is 21.1. The highest BCUT2D eigenvalue weighted by atomic mass is 16.5. The molecule has 0 aliphatic carbocycles. The summed E-state index contributed by atoms with van der Waals surface area (Å²) in [7, 11) is 1.85. The van der Waals surface area contributed by atoms with Gasteiger partial charge in [0.15, 0.2) is 5.69 Å². The molecule has 1 aromatic heterocycles. The summed E-state index contributed by atoms with van der Waals surface area (Å²) in [5.74, 6) is 0.905. The molecule has 0 bridgehead atoms. The van der Waals surface area contributed by atoms with E-state index in [4.69, 9.17) is 4.74 Å². The lowest BCUT2D eigenvalue weighted by Crippen LogP contribution is -2.41. The van der Waals surface area contributed by atoms with Crippen LogP contribution in [0.3, 0.4) is 0 Å². The number of aryl methyl sites for hydroxylation is 2. The Morgan fingerprint density at radius 3 is 2.53 bits per heavy atom. The Morgan fingerprint density at radius 1 is 1.07 bits per heavy atom. The van der Waals surface area contributed by atoms with Crippen LogP contribution in [-0.2, 0) is 7.05 Å². The van der Waals surface area contributed by atoms with E-state index < -0.39 is 0 Å². The van der Waals surface area contributed by atoms with Gasteiger partial charge in [0.25, 0.3) is 11.8 Å². The molecule has 0 radical (unpaired) electrons. The summed E-state index contributed by atoms with van der Waals surface area (Å²) >= 11 is 0. The molecule has 160 valence electrons. The third-order valence-corrected chi connectivity index (χ3v) is 6.12. The maximum absolute atomic E-state index is 12.8. The smallest absolute Gasteiger partial charge is 0.274 e. The molecule has 4 rings (SSSR count). The first-order valence-electron chi connectivity index (χ1n) is 10.8. The van der Waals surface area contributed by atoms with Crippen LogP contribution in [0.1, 0.15) is 52.2 Å². The van der Waals surface area contributed by atoms with Crippen LogP contribution in [0.25, 0.3) is 0 Å². The number of ether oxygens (including phenoxy) is 1. The Morgan fingerprint density at radius 2 is 1.80 bits per heavy atom. The molecule has 2 fully saturated rings. The van der Waals surface area contributed by atoms with E-state index in [0.29, 0.717) is 30.2 Å². The average Bonchev–Trinajstić information content (AvgIpc) is 3.42. The van der Waals surface area contributed by atoms with Gasteiger partial charge in [0.2, 0.25) is 0 Å². The van der Waals surface area contributed by atoms with E-state index in [9.17, 15) is 9.59 Å². The molecule has 1 atom stereocenters. The van der Waals surface area contributed by atoms with Crippen molar-refractivity contribution in [3.8, 4) is 5.75 Å². The van der Waals surface area contributed by atoms with E-state index in [0.717, 1.165) is 51.0 Å². The SMILES string of the molecule is Cc1cc(C(=O)N2CCCC(COc3ccccc3C(=O)N3CCCC3)C2)nn1C. The molecule has 7 heteroatoms. The van der Waals surface area contributed by atoms with Crippen LogP contribution in [0.4, 0.5) is 0 Å². The van der Waals surface area contributed by atoms with Gasteiger partial charge in [-0.3, -0.25) is 14.3 Å². The number of para-hydroxylation sites is 1. The number of rotatable bonds is 5. The lowest BCUT2D eigenvalue weighted by molar-refractivity contribution is 0.0626. The third kappa shape index (κ3) is 4.35. The molecule has 0 saturated carbocycles. The van der Waals surface area contributed by atoms with E-state index in [2.05, 4.69) is 5.10 Å². The van der Waals surface area contributed by atoms with E-state index in [1.54, 1.807) is 4.68 Å². The largest absolute Gasteiger partial charge is 0.492 e. The van der Waals surface area contributed by atoms with E-state index in [1.165, 1.54) is 0 Å². The van der Waals surface area contributed by atoms with Gasteiger partial charge in [-0.2, -0.15) is 5.10 Å². The number of hydrogen-bond donors (Lipinski definition) is 0. The summed E-state index contributed by atoms with van der Waals surface area (Å²) in [6.45, 7) is 5.47. The number of amides is 2. The molecule has 3 heterocycles. The predicted octanol–water partition coefficient (Wildman–Crippen LogP) is 2.90. The highest BCUT2D eigenvalue weighted by molar-refractivity contribution is 5.97. The molecule has 1 unspecified atom stereocenters. The Kier molecular flexibility index (Phi) is 6.06. The topological polar surface area (TPSA) is 67.7 Å². The van der Waals surface area contributed by atoms with Gasteiger partial charge >= 0.3 is 0 Å². The van der Waals surface area contributed by atoms with Crippen LogP contribution in [0.2, 0.25) is 0 Å². The molecule has 7 nitrogen and oxygen atoms in total. The number of carbonyl (C=O) groups is 2. The number of nitrogens with zero attached hydrogens (tertiary/aromatic N) is 4. The lowest BCUT2D eigenvalue weighted by Gasteiger charge is -2.32. The minimum absolute atomic E-state index is 0.0204. The monoisotopic (exact) mass is 410 g/mol. The first-order valence-corrected chi connectivity index (χ1v) is 10.8. The van der Waals surface area contributed by atoms with Crippen LogP contribution >= 0.6 is 0 Å². The van der Waals surface area contributed by atoms with Crippen LogP contribution in [0, 0.1) is 12.8 Å². The number of likely N-dealkylation sites (tertiary alicyclic amines) is 2. The van der Waals surface area contributed by atoms with E-state index in [1.807, 2.05) is 54.1 Å². The zero-order valence-electron chi connectivity index (χ0n) is 17.8. The Balaban J connectivity index is 1.38. The van der Waals surface area contributed by atoms with Gasteiger partial charge in [-0.25, -0.2) is 0 Å². The molecule has 0 N–H and O–H groups in total. The summed E-state index contributed by atoms with van der Waals surface area (Å²) in [4.78, 5) is 29.4. The van der Waals surface area contributed by atoms with Gasteiger partial charge in [0.1, 0.15) is 5.75 Å². The van der Waals surface area contributed by atoms with Crippen molar-refractivity contribution < 1.29 is 14.3 Å². The number of carbonyl (C=O) groups excluding carboxylic acids is 2. The van der Waals surface area contributed by atoms with E-state index in [-0.39, 0.29) is 17.7 Å². The van der Waals surface area contributed by atoms with E-state index >= 15 is 0 Å². The van der Waals surface area contributed by atoms with Crippen LogP contribution in [-0.4, -0.2) is 64.2 Å². The normalized spacial score (nSPS) is 19.2. The second kappa shape index (κ2) is 8.90. The predicted molar refractivity (Wildman–Crippen MR) is 114 cm³/mol. The fourth-order valence-electron chi connectivity index (χ4n) is 4.28. The second-order valence-electron chi connectivity index (χ2n) is 8.36. The van der Waals surface area contributed by atoms with Crippen molar-refractivity contribution in [2.45, 2.75) is 32.6 Å². The van der Waals surface area contributed by atoms with Crippen molar-refractivity contribution in [3.05, 3.63) is 47.3 Å². The molecule has 30 heavy (non-hydrogen) atoms. The standard InChI is InChI=1S/C23H30N4O3/c1-17-14-20(24-25(17)2)23(29)27-13-7-8-18(15-27)16-30-21-10-4-3-9-19(21)22(28)26-11-5-6-12-26/h3-4,9-10,14,18H,5-8,11-13,15-16H2,1-2H3. The average molecular weight is 411 g/mol. The Bertz CT molecular complexity index is 897. The lowest BCUT2D eigenvalue weighted by atomic mass is 9.98. The summed E-state index contributed by atoms with van der Waals surface area (Å²) < 4.78 is 7.84. The molecule has 2 saturated heterocycles. The molecular formula is C23H30N4O3. The molecule has 0 spiro atoms. The van der Waals surface area contributed by atoms with Gasteiger partial charge in [-0.15, -0.1) is 0 Å². The molecule has 2 amide bonds. The number of benzene rings is 1. The molecule has 2 aromatic rings.